The van der Waals surface area contributed by atoms with Gasteiger partial charge in [-0.05, 0) is 42.8 Å². The van der Waals surface area contributed by atoms with Crippen molar-refractivity contribution in [1.29, 1.82) is 0 Å². The minimum absolute atomic E-state index is 0.0165. The van der Waals surface area contributed by atoms with Crippen molar-refractivity contribution in [1.82, 2.24) is 10.2 Å². The molecule has 32 heavy (non-hydrogen) atoms. The molecule has 166 valence electrons. The topological polar surface area (TPSA) is 134 Å². The molecule has 2 aromatic carbocycles. The van der Waals surface area contributed by atoms with Gasteiger partial charge in [0.15, 0.2) is 17.6 Å². The number of nitrogens with one attached hydrogen (secondary N) is 2. The highest BCUT2D eigenvalue weighted by Gasteiger charge is 2.35. The van der Waals surface area contributed by atoms with Crippen molar-refractivity contribution >= 4 is 35.6 Å². The van der Waals surface area contributed by atoms with E-state index in [1.807, 2.05) is 0 Å². The Bertz CT molecular complexity index is 1080. The number of aliphatic carboxylic acids is 1. The highest BCUT2D eigenvalue weighted by Crippen LogP contribution is 2.30. The summed E-state index contributed by atoms with van der Waals surface area (Å²) in [5.74, 6) is -1.84. The first-order valence-electron chi connectivity index (χ1n) is 9.55. The molecule has 1 aliphatic heterocycles. The summed E-state index contributed by atoms with van der Waals surface area (Å²) in [6.45, 7) is 0.937. The average molecular weight is 439 g/mol. The molecule has 1 heterocycles. The first kappa shape index (κ1) is 22.3. The molecule has 1 aliphatic rings. The normalized spacial score (nSPS) is 15.3. The fraction of sp³-hybridized carbons (Fsp3) is 0.182. The second kappa shape index (κ2) is 9.65. The van der Waals surface area contributed by atoms with Gasteiger partial charge in [0.1, 0.15) is 12.2 Å². The number of urea groups is 1. The van der Waals surface area contributed by atoms with Crippen molar-refractivity contribution in [2.45, 2.75) is 13.0 Å². The minimum Gasteiger partial charge on any atom is -0.493 e. The van der Waals surface area contributed by atoms with Crippen LogP contribution in [0.25, 0.3) is 6.08 Å². The lowest BCUT2D eigenvalue weighted by Crippen LogP contribution is -2.38. The van der Waals surface area contributed by atoms with E-state index in [0.717, 1.165) is 4.90 Å². The second-order valence-corrected chi connectivity index (χ2v) is 6.80. The molecule has 3 N–H and O–H groups in total. The van der Waals surface area contributed by atoms with Crippen molar-refractivity contribution in [3.05, 3.63) is 59.8 Å². The number of ether oxygens (including phenoxy) is 2. The summed E-state index contributed by atoms with van der Waals surface area (Å²) in [5.41, 5.74) is 1.03. The molecule has 10 nitrogen and oxygen atoms in total. The Morgan fingerprint density at radius 2 is 1.88 bits per heavy atom. The van der Waals surface area contributed by atoms with Gasteiger partial charge in [-0.2, -0.15) is 0 Å². The van der Waals surface area contributed by atoms with Gasteiger partial charge in [-0.25, -0.2) is 14.5 Å². The maximum absolute atomic E-state index is 12.6. The number of para-hydroxylation sites is 1. The molecule has 1 atom stereocenters. The average Bonchev–Trinajstić information content (AvgIpc) is 3.02. The number of carboxylic acid groups (broad SMARTS) is 1. The van der Waals surface area contributed by atoms with E-state index in [9.17, 15) is 19.2 Å². The minimum atomic E-state index is -1.13. The first-order valence-corrected chi connectivity index (χ1v) is 9.55. The molecule has 0 radical (unpaired) electrons. The van der Waals surface area contributed by atoms with E-state index in [1.54, 1.807) is 36.4 Å². The number of carbonyl (C=O) groups is 4. The molecule has 1 saturated heterocycles. The number of amides is 4. The molecule has 10 heteroatoms. The van der Waals surface area contributed by atoms with Crippen LogP contribution >= 0.6 is 0 Å². The standard InChI is InChI=1S/C22H21N3O7/c1-13(21(28)29)32-17-9-8-14(11-18(17)31-2)10-16-20(27)25(22(30)24-16)12-19(26)23-15-6-4-3-5-7-15/h3-11,13H,12H2,1-2H3,(H,23,26)(H,24,30)(H,28,29)/b16-10-. The van der Waals surface area contributed by atoms with Crippen LogP contribution in [0.3, 0.4) is 0 Å². The fourth-order valence-corrected chi connectivity index (χ4v) is 2.86. The number of hydrogen-bond acceptors (Lipinski definition) is 6. The molecular weight excluding hydrogens is 418 g/mol. The van der Waals surface area contributed by atoms with Crippen LogP contribution in [0, 0.1) is 0 Å². The van der Waals surface area contributed by atoms with E-state index in [4.69, 9.17) is 14.6 Å². The summed E-state index contributed by atoms with van der Waals surface area (Å²) in [4.78, 5) is 48.8. The number of methoxy groups -OCH3 is 1. The zero-order chi connectivity index (χ0) is 23.3. The number of benzene rings is 2. The molecule has 3 rings (SSSR count). The Morgan fingerprint density at radius 1 is 1.16 bits per heavy atom. The molecule has 0 aromatic heterocycles. The number of carbonyl (C=O) groups excluding carboxylic acids is 3. The SMILES string of the molecule is COc1cc(/C=C2\NC(=O)N(CC(=O)Nc3ccccc3)C2=O)ccc1OC(C)C(=O)O. The van der Waals surface area contributed by atoms with E-state index in [1.165, 1.54) is 32.2 Å². The summed E-state index contributed by atoms with van der Waals surface area (Å²) in [6, 6.07) is 12.5. The van der Waals surface area contributed by atoms with Gasteiger partial charge >= 0.3 is 12.0 Å². The Kier molecular flexibility index (Phi) is 6.74. The van der Waals surface area contributed by atoms with E-state index >= 15 is 0 Å². The van der Waals surface area contributed by atoms with Crippen LogP contribution in [0.15, 0.2) is 54.2 Å². The Labute approximate surface area is 183 Å². The van der Waals surface area contributed by atoms with Gasteiger partial charge in [0, 0.05) is 5.69 Å². The lowest BCUT2D eigenvalue weighted by atomic mass is 10.1. The van der Waals surface area contributed by atoms with Crippen LogP contribution in [0.4, 0.5) is 10.5 Å². The van der Waals surface area contributed by atoms with Crippen LogP contribution in [0.5, 0.6) is 11.5 Å². The monoisotopic (exact) mass is 439 g/mol. The van der Waals surface area contributed by atoms with E-state index in [0.29, 0.717) is 11.3 Å². The van der Waals surface area contributed by atoms with Crippen LogP contribution in [0.2, 0.25) is 0 Å². The van der Waals surface area contributed by atoms with Crippen LogP contribution in [-0.2, 0) is 14.4 Å². The predicted octanol–water partition coefficient (Wildman–Crippen LogP) is 2.08. The molecule has 0 aliphatic carbocycles. The second-order valence-electron chi connectivity index (χ2n) is 6.80. The third kappa shape index (κ3) is 5.22. The maximum atomic E-state index is 12.6. The van der Waals surface area contributed by atoms with Crippen molar-refractivity contribution in [2.75, 3.05) is 19.0 Å². The molecule has 1 unspecified atom stereocenters. The largest absolute Gasteiger partial charge is 0.493 e. The highest BCUT2D eigenvalue weighted by molar-refractivity contribution is 6.15. The Balaban J connectivity index is 1.72. The smallest absolute Gasteiger partial charge is 0.344 e. The summed E-state index contributed by atoms with van der Waals surface area (Å²) in [6.07, 6.45) is 0.335. The summed E-state index contributed by atoms with van der Waals surface area (Å²) < 4.78 is 10.6. The maximum Gasteiger partial charge on any atom is 0.344 e. The third-order valence-corrected chi connectivity index (χ3v) is 4.47. The van der Waals surface area contributed by atoms with E-state index < -0.39 is 36.5 Å². The van der Waals surface area contributed by atoms with Crippen LogP contribution < -0.4 is 20.1 Å². The number of rotatable bonds is 8. The molecule has 4 amide bonds. The van der Waals surface area contributed by atoms with Crippen LogP contribution in [-0.4, -0.2) is 53.6 Å². The number of anilines is 1. The van der Waals surface area contributed by atoms with Crippen molar-refractivity contribution in [3.63, 3.8) is 0 Å². The Morgan fingerprint density at radius 3 is 2.53 bits per heavy atom. The quantitative estimate of drug-likeness (QED) is 0.423. The zero-order valence-electron chi connectivity index (χ0n) is 17.3. The number of hydrogen-bond donors (Lipinski definition) is 3. The third-order valence-electron chi connectivity index (χ3n) is 4.47. The highest BCUT2D eigenvalue weighted by atomic mass is 16.5. The number of carboxylic acids is 1. The molecule has 0 saturated carbocycles. The summed E-state index contributed by atoms with van der Waals surface area (Å²) in [7, 11) is 1.39. The number of imide groups is 1. The van der Waals surface area contributed by atoms with Crippen LogP contribution in [0.1, 0.15) is 12.5 Å². The van der Waals surface area contributed by atoms with Gasteiger partial charge in [0.25, 0.3) is 5.91 Å². The van der Waals surface area contributed by atoms with E-state index in [-0.39, 0.29) is 17.2 Å². The molecule has 1 fully saturated rings. The van der Waals surface area contributed by atoms with Crippen molar-refractivity contribution in [3.8, 4) is 11.5 Å². The first-order chi connectivity index (χ1) is 15.3. The lowest BCUT2D eigenvalue weighted by molar-refractivity contribution is -0.144. The Hall–Kier alpha value is -4.34. The predicted molar refractivity (Wildman–Crippen MR) is 114 cm³/mol. The summed E-state index contributed by atoms with van der Waals surface area (Å²) in [5, 5.41) is 14.0. The fourth-order valence-electron chi connectivity index (χ4n) is 2.86. The van der Waals surface area contributed by atoms with Crippen molar-refractivity contribution in [2.24, 2.45) is 0 Å². The van der Waals surface area contributed by atoms with Gasteiger partial charge in [0.2, 0.25) is 5.91 Å². The van der Waals surface area contributed by atoms with Gasteiger partial charge < -0.3 is 25.2 Å². The van der Waals surface area contributed by atoms with Gasteiger partial charge in [0.05, 0.1) is 7.11 Å². The zero-order valence-corrected chi connectivity index (χ0v) is 17.3. The van der Waals surface area contributed by atoms with Gasteiger partial charge in [-0.15, -0.1) is 0 Å². The molecule has 0 spiro atoms. The van der Waals surface area contributed by atoms with Gasteiger partial charge in [-0.1, -0.05) is 24.3 Å². The lowest BCUT2D eigenvalue weighted by Gasteiger charge is -2.14. The summed E-state index contributed by atoms with van der Waals surface area (Å²) >= 11 is 0. The van der Waals surface area contributed by atoms with E-state index in [2.05, 4.69) is 10.6 Å². The van der Waals surface area contributed by atoms with Crippen molar-refractivity contribution < 1.29 is 33.8 Å². The van der Waals surface area contributed by atoms with Gasteiger partial charge in [-0.3, -0.25) is 9.59 Å². The molecule has 2 aromatic rings. The molecular formula is C22H21N3O7. The number of nitrogens with zero attached hydrogens (tertiary/aromatic N) is 1. The molecule has 0 bridgehead atoms.